The molecule has 4 aromatic rings. The number of aromatic amines is 1. The number of anilines is 1. The molecule has 0 aliphatic heterocycles. The van der Waals surface area contributed by atoms with Gasteiger partial charge in [-0.25, -0.2) is 13.1 Å². The molecule has 0 spiro atoms. The van der Waals surface area contributed by atoms with E-state index in [1.165, 1.54) is 23.0 Å². The maximum absolute atomic E-state index is 12.9. The number of H-pyrrole nitrogens is 1. The molecule has 7 nitrogen and oxygen atoms in total. The van der Waals surface area contributed by atoms with Gasteiger partial charge in [0.2, 0.25) is 0 Å². The molecule has 0 radical (unpaired) electrons. The Bertz CT molecular complexity index is 1550. The molecule has 9 heteroatoms. The number of halogens is 1. The number of nitrogens with one attached hydrogen (secondary N) is 2. The van der Waals surface area contributed by atoms with Crippen LogP contribution in [0.4, 0.5) is 11.4 Å². The van der Waals surface area contributed by atoms with Gasteiger partial charge < -0.3 is 0 Å². The Balaban J connectivity index is 1.56. The first-order valence-electron chi connectivity index (χ1n) is 10.5. The van der Waals surface area contributed by atoms with Crippen molar-refractivity contribution in [3.8, 4) is 5.69 Å². The number of hydrogen-bond donors (Lipinski definition) is 2. The Kier molecular flexibility index (Phi) is 6.58. The van der Waals surface area contributed by atoms with Crippen LogP contribution in [-0.4, -0.2) is 24.4 Å². The van der Waals surface area contributed by atoms with Gasteiger partial charge >= 0.3 is 0 Å². The van der Waals surface area contributed by atoms with Crippen molar-refractivity contribution in [3.05, 3.63) is 104 Å². The molecule has 2 N–H and O–H groups in total. The fourth-order valence-electron chi connectivity index (χ4n) is 3.36. The van der Waals surface area contributed by atoms with E-state index >= 15 is 0 Å². The Labute approximate surface area is 206 Å². The minimum absolute atomic E-state index is 0.108. The number of aryl methyl sites for hydroxylation is 3. The average molecular weight is 539 g/mol. The van der Waals surface area contributed by atoms with Gasteiger partial charge in [0.15, 0.2) is 0 Å². The van der Waals surface area contributed by atoms with E-state index in [0.717, 1.165) is 16.8 Å². The summed E-state index contributed by atoms with van der Waals surface area (Å²) in [7, 11) is -3.76. The Hall–Kier alpha value is -3.43. The lowest BCUT2D eigenvalue weighted by molar-refractivity contribution is 0.601. The van der Waals surface area contributed by atoms with E-state index in [2.05, 4.69) is 30.7 Å². The zero-order valence-corrected chi connectivity index (χ0v) is 21.2. The normalized spacial score (nSPS) is 11.8. The van der Waals surface area contributed by atoms with Crippen LogP contribution in [0.2, 0.25) is 0 Å². The molecule has 34 heavy (non-hydrogen) atoms. The number of rotatable bonds is 6. The molecule has 0 aliphatic carbocycles. The predicted octanol–water partition coefficient (Wildman–Crippen LogP) is 5.40. The van der Waals surface area contributed by atoms with E-state index in [1.807, 2.05) is 39.0 Å². The lowest BCUT2D eigenvalue weighted by Gasteiger charge is -2.09. The van der Waals surface area contributed by atoms with Gasteiger partial charge in [-0.15, -0.1) is 0 Å². The minimum atomic E-state index is -3.76. The molecule has 3 aromatic carbocycles. The van der Waals surface area contributed by atoms with Gasteiger partial charge in [0.05, 0.1) is 27.5 Å². The highest BCUT2D eigenvalue weighted by atomic mass is 79.9. The van der Waals surface area contributed by atoms with Crippen molar-refractivity contribution in [1.82, 2.24) is 9.78 Å². The summed E-state index contributed by atoms with van der Waals surface area (Å²) in [6.45, 7) is 5.83. The van der Waals surface area contributed by atoms with Crippen molar-refractivity contribution in [2.75, 3.05) is 4.72 Å². The summed E-state index contributed by atoms with van der Waals surface area (Å²) >= 11 is 3.33. The third kappa shape index (κ3) is 4.90. The first-order valence-corrected chi connectivity index (χ1v) is 12.7. The van der Waals surface area contributed by atoms with E-state index in [-0.39, 0.29) is 10.5 Å². The molecule has 1 heterocycles. The monoisotopic (exact) mass is 538 g/mol. The quantitative estimate of drug-likeness (QED) is 0.321. The standard InChI is InChI=1S/C25H23BrN4O3S/c1-16-8-11-20(14-17(16)2)30-25(31)22(18(3)28-30)15-27-19-9-12-21(13-10-19)34(32,33)29-24-7-5-4-6-23(24)26/h4-15,28-29H,1-3H3. The highest BCUT2D eigenvalue weighted by Crippen LogP contribution is 2.25. The summed E-state index contributed by atoms with van der Waals surface area (Å²) < 4.78 is 30.1. The van der Waals surface area contributed by atoms with Crippen molar-refractivity contribution >= 4 is 43.5 Å². The number of nitrogens with zero attached hydrogens (tertiary/aromatic N) is 2. The Morgan fingerprint density at radius 1 is 0.971 bits per heavy atom. The van der Waals surface area contributed by atoms with Crippen LogP contribution in [0.5, 0.6) is 0 Å². The summed E-state index contributed by atoms with van der Waals surface area (Å²) in [4.78, 5) is 17.4. The number of sulfonamides is 1. The van der Waals surface area contributed by atoms with Crippen LogP contribution in [-0.2, 0) is 10.0 Å². The van der Waals surface area contributed by atoms with Gasteiger partial charge in [-0.3, -0.25) is 19.6 Å². The highest BCUT2D eigenvalue weighted by molar-refractivity contribution is 9.10. The van der Waals surface area contributed by atoms with E-state index in [0.29, 0.717) is 27.1 Å². The summed E-state index contributed by atoms with van der Waals surface area (Å²) in [6.07, 6.45) is 1.49. The van der Waals surface area contributed by atoms with Crippen LogP contribution < -0.4 is 10.3 Å². The second-order valence-corrected chi connectivity index (χ2v) is 10.4. The third-order valence-corrected chi connectivity index (χ3v) is 7.55. The summed E-state index contributed by atoms with van der Waals surface area (Å²) in [5.74, 6) is 0. The molecule has 174 valence electrons. The molecular weight excluding hydrogens is 516 g/mol. The topological polar surface area (TPSA) is 96.3 Å². The largest absolute Gasteiger partial charge is 0.295 e. The second kappa shape index (κ2) is 9.44. The average Bonchev–Trinajstić information content (AvgIpc) is 3.09. The van der Waals surface area contributed by atoms with Crippen LogP contribution in [0.15, 0.2) is 85.9 Å². The number of aliphatic imine (C=N–C) groups is 1. The Morgan fingerprint density at radius 2 is 1.68 bits per heavy atom. The lowest BCUT2D eigenvalue weighted by Crippen LogP contribution is -2.17. The first kappa shape index (κ1) is 23.7. The number of aromatic nitrogens is 2. The molecule has 0 saturated heterocycles. The van der Waals surface area contributed by atoms with Crippen LogP contribution in [0.1, 0.15) is 22.4 Å². The van der Waals surface area contributed by atoms with E-state index < -0.39 is 10.0 Å². The number of benzene rings is 3. The van der Waals surface area contributed by atoms with Crippen molar-refractivity contribution in [2.24, 2.45) is 4.99 Å². The van der Waals surface area contributed by atoms with Gasteiger partial charge in [0, 0.05) is 16.4 Å². The number of hydrogen-bond acceptors (Lipinski definition) is 4. The van der Waals surface area contributed by atoms with Gasteiger partial charge in [-0.2, -0.15) is 0 Å². The lowest BCUT2D eigenvalue weighted by atomic mass is 10.1. The predicted molar refractivity (Wildman–Crippen MR) is 139 cm³/mol. The molecule has 0 aliphatic rings. The van der Waals surface area contributed by atoms with Gasteiger partial charge in [0.25, 0.3) is 15.6 Å². The SMILES string of the molecule is Cc1ccc(-n2[nH]c(C)c(C=Nc3ccc(S(=O)(=O)Nc4ccccc4Br)cc3)c2=O)cc1C. The summed E-state index contributed by atoms with van der Waals surface area (Å²) in [6, 6.07) is 18.9. The minimum Gasteiger partial charge on any atom is -0.295 e. The molecule has 1 aromatic heterocycles. The first-order chi connectivity index (χ1) is 16.2. The van der Waals surface area contributed by atoms with E-state index in [1.54, 1.807) is 36.4 Å². The van der Waals surface area contributed by atoms with Crippen LogP contribution >= 0.6 is 15.9 Å². The molecule has 0 bridgehead atoms. The maximum Gasteiger partial charge on any atom is 0.280 e. The van der Waals surface area contributed by atoms with Gasteiger partial charge in [-0.05, 0) is 96.4 Å². The van der Waals surface area contributed by atoms with Crippen molar-refractivity contribution in [2.45, 2.75) is 25.7 Å². The summed E-state index contributed by atoms with van der Waals surface area (Å²) in [5.41, 5.74) is 4.89. The molecule has 4 rings (SSSR count). The van der Waals surface area contributed by atoms with Crippen LogP contribution in [0.25, 0.3) is 5.69 Å². The fourth-order valence-corrected chi connectivity index (χ4v) is 4.95. The molecule has 0 saturated carbocycles. The van der Waals surface area contributed by atoms with Gasteiger partial charge in [-0.1, -0.05) is 18.2 Å². The second-order valence-electron chi connectivity index (χ2n) is 7.90. The molecule has 0 amide bonds. The smallest absolute Gasteiger partial charge is 0.280 e. The molecule has 0 atom stereocenters. The van der Waals surface area contributed by atoms with Crippen molar-refractivity contribution < 1.29 is 8.42 Å². The zero-order valence-electron chi connectivity index (χ0n) is 18.8. The van der Waals surface area contributed by atoms with E-state index in [4.69, 9.17) is 0 Å². The van der Waals surface area contributed by atoms with E-state index in [9.17, 15) is 13.2 Å². The van der Waals surface area contributed by atoms with Crippen LogP contribution in [0, 0.1) is 20.8 Å². The van der Waals surface area contributed by atoms with Crippen LogP contribution in [0.3, 0.4) is 0 Å². The highest BCUT2D eigenvalue weighted by Gasteiger charge is 2.15. The van der Waals surface area contributed by atoms with Gasteiger partial charge in [0.1, 0.15) is 0 Å². The van der Waals surface area contributed by atoms with Crippen molar-refractivity contribution in [3.63, 3.8) is 0 Å². The third-order valence-electron chi connectivity index (χ3n) is 5.47. The molecule has 0 unspecified atom stereocenters. The van der Waals surface area contributed by atoms with Crippen molar-refractivity contribution in [1.29, 1.82) is 0 Å². The maximum atomic E-state index is 12.9. The molecule has 0 fully saturated rings. The summed E-state index contributed by atoms with van der Waals surface area (Å²) in [5, 5.41) is 3.09. The zero-order chi connectivity index (χ0) is 24.5. The Morgan fingerprint density at radius 3 is 2.35 bits per heavy atom. The number of para-hydroxylation sites is 1. The fraction of sp³-hybridized carbons (Fsp3) is 0.120. The molecular formula is C25H23BrN4O3S.